The molecular weight excluding hydrogens is 288 g/mol. The molecule has 0 rings (SSSR count). The summed E-state index contributed by atoms with van der Waals surface area (Å²) in [6.45, 7) is 2.38. The van der Waals surface area contributed by atoms with E-state index in [-0.39, 0.29) is 19.5 Å². The van der Waals surface area contributed by atoms with Crippen molar-refractivity contribution in [3.8, 4) is 0 Å². The first kappa shape index (κ1) is 17.0. The highest BCUT2D eigenvalue weighted by Crippen LogP contribution is 2.27. The molecule has 1 atom stereocenters. The number of nitrogens with one attached hydrogen (secondary N) is 1. The SMILES string of the molecule is COCO[C@H](C)C/C=C/COC(=N)C(Cl)(Cl)Cl. The second kappa shape index (κ2) is 9.00. The van der Waals surface area contributed by atoms with E-state index in [1.807, 2.05) is 13.0 Å². The summed E-state index contributed by atoms with van der Waals surface area (Å²) < 4.78 is 13.1. The minimum absolute atomic E-state index is 0.0545. The Bertz CT molecular complexity index is 254. The predicted molar refractivity (Wildman–Crippen MR) is 70.1 cm³/mol. The highest BCUT2D eigenvalue weighted by Gasteiger charge is 2.28. The molecule has 0 aliphatic rings. The molecule has 0 unspecified atom stereocenters. The first-order valence-electron chi connectivity index (χ1n) is 4.92. The number of hydrogen-bond donors (Lipinski definition) is 1. The summed E-state index contributed by atoms with van der Waals surface area (Å²) in [6.07, 6.45) is 4.37. The number of ether oxygens (including phenoxy) is 3. The molecule has 4 nitrogen and oxygen atoms in total. The zero-order valence-electron chi connectivity index (χ0n) is 9.71. The van der Waals surface area contributed by atoms with E-state index in [1.54, 1.807) is 13.2 Å². The summed E-state index contributed by atoms with van der Waals surface area (Å²) >= 11 is 16.3. The van der Waals surface area contributed by atoms with Crippen LogP contribution in [0.4, 0.5) is 0 Å². The molecule has 0 aliphatic carbocycles. The molecule has 0 fully saturated rings. The van der Waals surface area contributed by atoms with Crippen LogP contribution < -0.4 is 0 Å². The molecule has 17 heavy (non-hydrogen) atoms. The largest absolute Gasteiger partial charge is 0.474 e. The minimum atomic E-state index is -1.80. The Hall–Kier alpha value is -0.000000000000000111. The van der Waals surface area contributed by atoms with Crippen LogP contribution in [0.1, 0.15) is 13.3 Å². The fourth-order valence-corrected chi connectivity index (χ4v) is 0.985. The van der Waals surface area contributed by atoms with Gasteiger partial charge in [-0.25, -0.2) is 0 Å². The number of rotatable bonds is 7. The van der Waals surface area contributed by atoms with Crippen LogP contribution in [0.15, 0.2) is 12.2 Å². The Morgan fingerprint density at radius 3 is 2.53 bits per heavy atom. The molecule has 0 heterocycles. The Morgan fingerprint density at radius 1 is 1.35 bits per heavy atom. The molecule has 0 aromatic heterocycles. The lowest BCUT2D eigenvalue weighted by Gasteiger charge is -2.12. The summed E-state index contributed by atoms with van der Waals surface area (Å²) in [7, 11) is 1.57. The van der Waals surface area contributed by atoms with Gasteiger partial charge in [0, 0.05) is 7.11 Å². The fourth-order valence-electron chi connectivity index (χ4n) is 0.821. The average molecular weight is 305 g/mol. The van der Waals surface area contributed by atoms with Gasteiger partial charge in [-0.2, -0.15) is 0 Å². The molecular formula is C10H16Cl3NO3. The van der Waals surface area contributed by atoms with E-state index in [2.05, 4.69) is 0 Å². The normalized spacial score (nSPS) is 13.9. The minimum Gasteiger partial charge on any atom is -0.474 e. The number of alkyl halides is 3. The van der Waals surface area contributed by atoms with Crippen molar-refractivity contribution in [3.05, 3.63) is 12.2 Å². The van der Waals surface area contributed by atoms with Crippen molar-refractivity contribution in [1.82, 2.24) is 0 Å². The van der Waals surface area contributed by atoms with E-state index in [1.165, 1.54) is 0 Å². The van der Waals surface area contributed by atoms with Crippen molar-refractivity contribution in [2.24, 2.45) is 0 Å². The van der Waals surface area contributed by atoms with Gasteiger partial charge < -0.3 is 14.2 Å². The van der Waals surface area contributed by atoms with Crippen LogP contribution in [0, 0.1) is 5.41 Å². The highest BCUT2D eigenvalue weighted by atomic mass is 35.6. The van der Waals surface area contributed by atoms with Crippen molar-refractivity contribution in [1.29, 1.82) is 5.41 Å². The molecule has 0 saturated heterocycles. The lowest BCUT2D eigenvalue weighted by molar-refractivity contribution is -0.0638. The van der Waals surface area contributed by atoms with Gasteiger partial charge in [-0.05, 0) is 13.3 Å². The number of hydrogen-bond acceptors (Lipinski definition) is 4. The van der Waals surface area contributed by atoms with E-state index in [4.69, 9.17) is 54.4 Å². The van der Waals surface area contributed by atoms with Gasteiger partial charge in [0.2, 0.25) is 5.90 Å². The second-order valence-electron chi connectivity index (χ2n) is 3.23. The Morgan fingerprint density at radius 2 is 2.00 bits per heavy atom. The maximum absolute atomic E-state index is 7.26. The standard InChI is InChI=1S/C10H16Cl3NO3/c1-8(17-7-15-2)5-3-4-6-16-9(14)10(11,12)13/h3-4,8,14H,5-7H2,1-2H3/b4-3+,14-9?/t8-/m1/s1. The topological polar surface area (TPSA) is 51.5 Å². The van der Waals surface area contributed by atoms with Crippen molar-refractivity contribution in [2.75, 3.05) is 20.5 Å². The Balaban J connectivity index is 3.65. The van der Waals surface area contributed by atoms with Crippen LogP contribution in [-0.2, 0) is 14.2 Å². The molecule has 0 bridgehead atoms. The van der Waals surface area contributed by atoms with Crippen LogP contribution in [0.3, 0.4) is 0 Å². The third-order valence-corrected chi connectivity index (χ3v) is 2.20. The van der Waals surface area contributed by atoms with Crippen LogP contribution in [-0.4, -0.2) is 36.3 Å². The average Bonchev–Trinajstić information content (AvgIpc) is 2.24. The summed E-state index contributed by atoms with van der Waals surface area (Å²) in [5, 5.41) is 7.26. The summed E-state index contributed by atoms with van der Waals surface area (Å²) in [5.41, 5.74) is 0. The monoisotopic (exact) mass is 303 g/mol. The zero-order chi connectivity index (χ0) is 13.3. The van der Waals surface area contributed by atoms with E-state index < -0.39 is 9.69 Å². The molecule has 1 N–H and O–H groups in total. The molecule has 0 spiro atoms. The maximum atomic E-state index is 7.26. The molecule has 100 valence electrons. The van der Waals surface area contributed by atoms with E-state index in [0.717, 1.165) is 0 Å². The Kier molecular flexibility index (Phi) is 9.00. The lowest BCUT2D eigenvalue weighted by Crippen LogP contribution is -2.21. The third kappa shape index (κ3) is 9.68. The van der Waals surface area contributed by atoms with Crippen LogP contribution >= 0.6 is 34.8 Å². The fraction of sp³-hybridized carbons (Fsp3) is 0.700. The smallest absolute Gasteiger partial charge is 0.265 e. The zero-order valence-corrected chi connectivity index (χ0v) is 12.0. The van der Waals surface area contributed by atoms with Gasteiger partial charge in [-0.1, -0.05) is 47.0 Å². The molecule has 0 radical (unpaired) electrons. The summed E-state index contributed by atoms with van der Waals surface area (Å²) in [4.78, 5) is 0. The number of halogens is 3. The van der Waals surface area contributed by atoms with Gasteiger partial charge in [0.15, 0.2) is 0 Å². The van der Waals surface area contributed by atoms with Gasteiger partial charge >= 0.3 is 0 Å². The van der Waals surface area contributed by atoms with Crippen LogP contribution in [0.2, 0.25) is 0 Å². The van der Waals surface area contributed by atoms with E-state index in [9.17, 15) is 0 Å². The van der Waals surface area contributed by atoms with Gasteiger partial charge in [0.1, 0.15) is 13.4 Å². The van der Waals surface area contributed by atoms with Gasteiger partial charge in [0.25, 0.3) is 3.79 Å². The first-order valence-corrected chi connectivity index (χ1v) is 6.05. The van der Waals surface area contributed by atoms with Crippen LogP contribution in [0.25, 0.3) is 0 Å². The highest BCUT2D eigenvalue weighted by molar-refractivity contribution is 6.76. The molecule has 0 aliphatic heterocycles. The molecule has 0 amide bonds. The molecule has 7 heteroatoms. The van der Waals surface area contributed by atoms with E-state index >= 15 is 0 Å². The number of methoxy groups -OCH3 is 1. The predicted octanol–water partition coefficient (Wildman–Crippen LogP) is 3.31. The van der Waals surface area contributed by atoms with E-state index in [0.29, 0.717) is 6.42 Å². The van der Waals surface area contributed by atoms with Gasteiger partial charge in [-0.3, -0.25) is 5.41 Å². The quantitative estimate of drug-likeness (QED) is 0.258. The van der Waals surface area contributed by atoms with Crippen molar-refractivity contribution in [3.63, 3.8) is 0 Å². The maximum Gasteiger partial charge on any atom is 0.265 e. The molecule has 0 aromatic carbocycles. The second-order valence-corrected chi connectivity index (χ2v) is 5.51. The van der Waals surface area contributed by atoms with Gasteiger partial charge in [-0.15, -0.1) is 0 Å². The summed E-state index contributed by atoms with van der Waals surface area (Å²) in [6, 6.07) is 0. The Labute approximate surface area is 116 Å². The molecule has 0 aromatic rings. The third-order valence-electron chi connectivity index (χ3n) is 1.69. The summed E-state index contributed by atoms with van der Waals surface area (Å²) in [5.74, 6) is -0.393. The van der Waals surface area contributed by atoms with Crippen LogP contribution in [0.5, 0.6) is 0 Å². The van der Waals surface area contributed by atoms with Crippen molar-refractivity contribution >= 4 is 40.7 Å². The van der Waals surface area contributed by atoms with Crippen molar-refractivity contribution < 1.29 is 14.2 Å². The molecule has 0 saturated carbocycles. The van der Waals surface area contributed by atoms with Crippen molar-refractivity contribution in [2.45, 2.75) is 23.2 Å². The lowest BCUT2D eigenvalue weighted by atomic mass is 10.2. The first-order chi connectivity index (χ1) is 7.88. The van der Waals surface area contributed by atoms with Gasteiger partial charge in [0.05, 0.1) is 6.10 Å².